The third-order valence-electron chi connectivity index (χ3n) is 10.5. The van der Waals surface area contributed by atoms with Gasteiger partial charge in [-0.2, -0.15) is 11.4 Å². The molecule has 2 aromatic heterocycles. The zero-order valence-electron chi connectivity index (χ0n) is 28.1. The van der Waals surface area contributed by atoms with Crippen LogP contribution in [-0.4, -0.2) is 60.4 Å². The van der Waals surface area contributed by atoms with Gasteiger partial charge in [0.2, 0.25) is 0 Å². The van der Waals surface area contributed by atoms with Crippen LogP contribution in [0.5, 0.6) is 0 Å². The van der Waals surface area contributed by atoms with Crippen LogP contribution in [0.1, 0.15) is 86.7 Å². The van der Waals surface area contributed by atoms with Crippen LogP contribution in [0.25, 0.3) is 28.4 Å². The number of allylic oxidation sites excluding steroid dienone is 3. The molecule has 4 aliphatic rings. The van der Waals surface area contributed by atoms with E-state index < -0.39 is 24.0 Å². The maximum absolute atomic E-state index is 13.3. The first kappa shape index (κ1) is 34.1. The molecule has 0 radical (unpaired) electrons. The number of esters is 2. The number of aromatic nitrogens is 2. The Bertz CT molecular complexity index is 1790. The Morgan fingerprint density at radius 1 is 0.957 bits per heavy atom. The number of fused-ring (bicyclic) bond motifs is 8. The molecule has 0 saturated carbocycles. The second-order valence-electron chi connectivity index (χ2n) is 12.7. The summed E-state index contributed by atoms with van der Waals surface area (Å²) in [6, 6.07) is -0.498. The molecule has 8 bridgehead atoms. The van der Waals surface area contributed by atoms with Crippen LogP contribution < -0.4 is 20.7 Å². The van der Waals surface area contributed by atoms with Gasteiger partial charge in [-0.15, -0.1) is 27.8 Å². The summed E-state index contributed by atoms with van der Waals surface area (Å²) in [4.78, 5) is 35.8. The van der Waals surface area contributed by atoms with Crippen molar-refractivity contribution in [3.8, 4) is 0 Å². The van der Waals surface area contributed by atoms with Crippen molar-refractivity contribution in [2.75, 3.05) is 14.2 Å². The molecule has 3 aliphatic heterocycles. The molecule has 1 fully saturated rings. The van der Waals surface area contributed by atoms with Crippen molar-refractivity contribution in [3.63, 3.8) is 0 Å². The number of carbonyl (C=O) groups is 2. The molecule has 2 aromatic rings. The van der Waals surface area contributed by atoms with E-state index in [2.05, 4.69) is 46.8 Å². The molecule has 240 valence electrons. The van der Waals surface area contributed by atoms with Crippen molar-refractivity contribution in [2.24, 2.45) is 23.7 Å². The SMILES string of the molecule is CCc1c2[n-]c(c1C)/C=C1\[N-]C(=C(C)[C@@H]1CC)/C=C1\[N-]C(C3=c4[n-]/c(c(C)c4[C@H](O)[C@@H]3C(=O)OC)=C\2)[C@@H](CCC(=O)OC)[C@@H]1C.[Mg+2]. The van der Waals surface area contributed by atoms with Gasteiger partial charge in [0, 0.05) is 6.42 Å². The maximum atomic E-state index is 13.3. The van der Waals surface area contributed by atoms with E-state index in [9.17, 15) is 14.7 Å². The molecule has 46 heavy (non-hydrogen) atoms. The van der Waals surface area contributed by atoms with Gasteiger partial charge in [0.05, 0.1) is 20.3 Å². The normalized spacial score (nSPS) is 29.1. The van der Waals surface area contributed by atoms with Gasteiger partial charge in [-0.05, 0) is 63.4 Å². The minimum absolute atomic E-state index is 0. The first-order chi connectivity index (χ1) is 21.5. The predicted octanol–water partition coefficient (Wildman–Crippen LogP) is 4.10. The number of aliphatic hydroxyl groups is 1. The molecule has 10 heteroatoms. The Balaban J connectivity index is 0.00000417. The van der Waals surface area contributed by atoms with Gasteiger partial charge in [-0.3, -0.25) is 9.59 Å². The average Bonchev–Trinajstić information content (AvgIpc) is 3.76. The molecule has 1 aliphatic carbocycles. The van der Waals surface area contributed by atoms with Gasteiger partial charge >= 0.3 is 35.0 Å². The van der Waals surface area contributed by atoms with Crippen molar-refractivity contribution >= 4 is 52.7 Å². The van der Waals surface area contributed by atoms with E-state index in [1.165, 1.54) is 19.8 Å². The third kappa shape index (κ3) is 5.36. The van der Waals surface area contributed by atoms with E-state index in [4.69, 9.17) is 30.1 Å². The predicted molar refractivity (Wildman–Crippen MR) is 178 cm³/mol. The second-order valence-corrected chi connectivity index (χ2v) is 12.7. The Hall–Kier alpha value is -3.21. The number of carbonyl (C=O) groups excluding carboxylic acids is 2. The van der Waals surface area contributed by atoms with Crippen LogP contribution in [0.4, 0.5) is 0 Å². The van der Waals surface area contributed by atoms with Crippen molar-refractivity contribution in [2.45, 2.75) is 79.4 Å². The van der Waals surface area contributed by atoms with Gasteiger partial charge in [-0.25, -0.2) is 0 Å². The Morgan fingerprint density at radius 2 is 1.70 bits per heavy atom. The minimum atomic E-state index is -1.13. The Labute approximate surface area is 286 Å². The third-order valence-corrected chi connectivity index (χ3v) is 10.5. The van der Waals surface area contributed by atoms with Crippen molar-refractivity contribution < 1.29 is 24.2 Å². The molecule has 5 heterocycles. The van der Waals surface area contributed by atoms with E-state index in [0.29, 0.717) is 28.3 Å². The zero-order valence-corrected chi connectivity index (χ0v) is 29.5. The van der Waals surface area contributed by atoms with Crippen molar-refractivity contribution in [3.05, 3.63) is 83.7 Å². The summed E-state index contributed by atoms with van der Waals surface area (Å²) < 4.78 is 10.2. The first-order valence-corrected chi connectivity index (χ1v) is 16.0. The average molecular weight is 635 g/mol. The summed E-state index contributed by atoms with van der Waals surface area (Å²) >= 11 is 0. The molecule has 0 amide bonds. The molecule has 6 atom stereocenters. The summed E-state index contributed by atoms with van der Waals surface area (Å²) in [5.74, 6) is -1.81. The van der Waals surface area contributed by atoms with Gasteiger partial charge < -0.3 is 35.2 Å². The number of hydrogen-bond donors (Lipinski definition) is 1. The number of hydrogen-bond acceptors (Lipinski definition) is 5. The maximum Gasteiger partial charge on any atom is 2.00 e. The second kappa shape index (κ2) is 13.1. The number of nitrogens with zero attached hydrogens (tertiary/aromatic N) is 4. The Morgan fingerprint density at radius 3 is 2.35 bits per heavy atom. The standard InChI is InChI=1S/C36H42N4O5.Mg/c1-9-20-16(3)23-13-25-18(5)22(11-12-29(41)44-7)33(39-25)31-32(36(43)45-8)35(42)30-19(6)26(40-34(30)31)15-28-21(10-2)17(4)24(38-28)14-27(20)37-23;/h13-15,18,20,22,32-33,35,42H,9-12H2,1-8H3;/q-4;+2/b25-13-,26-15-,27-14-;/t18-,20-,22-,32+,33?,35-;/m0./s1. The van der Waals surface area contributed by atoms with Gasteiger partial charge in [0.15, 0.2) is 0 Å². The van der Waals surface area contributed by atoms with Crippen LogP contribution in [-0.2, 0) is 25.5 Å². The van der Waals surface area contributed by atoms with E-state index in [0.717, 1.165) is 58.0 Å². The fraction of sp³-hybridized carbons (Fsp3) is 0.500. The summed E-state index contributed by atoms with van der Waals surface area (Å²) in [5, 5.41) is 23.4. The smallest absolute Gasteiger partial charge is 0.681 e. The van der Waals surface area contributed by atoms with Crippen LogP contribution >= 0.6 is 0 Å². The Kier molecular flexibility index (Phi) is 9.74. The van der Waals surface area contributed by atoms with E-state index in [-0.39, 0.29) is 53.2 Å². The number of rotatable bonds is 6. The van der Waals surface area contributed by atoms with Gasteiger partial charge in [0.25, 0.3) is 0 Å². The topological polar surface area (TPSA) is 129 Å². The van der Waals surface area contributed by atoms with Crippen LogP contribution in [0.15, 0.2) is 28.7 Å². The largest absolute Gasteiger partial charge is 2.00 e. The van der Waals surface area contributed by atoms with Crippen LogP contribution in [0, 0.1) is 37.5 Å². The molecule has 0 spiro atoms. The summed E-state index contributed by atoms with van der Waals surface area (Å²) in [6.07, 6.45) is 7.48. The fourth-order valence-corrected chi connectivity index (χ4v) is 7.87. The molecule has 1 unspecified atom stereocenters. The fourth-order valence-electron chi connectivity index (χ4n) is 7.87. The van der Waals surface area contributed by atoms with Gasteiger partial charge in [0.1, 0.15) is 5.92 Å². The van der Waals surface area contributed by atoms with E-state index in [1.54, 1.807) is 0 Å². The van der Waals surface area contributed by atoms with Gasteiger partial charge in [-0.1, -0.05) is 72.9 Å². The summed E-state index contributed by atoms with van der Waals surface area (Å²) in [7, 11) is 2.72. The number of ether oxygens (including phenoxy) is 2. The molecule has 1 saturated heterocycles. The van der Waals surface area contributed by atoms with E-state index in [1.807, 2.05) is 13.0 Å². The molecular formula is C36H42MgN4O5-2. The van der Waals surface area contributed by atoms with Crippen LogP contribution in [0.2, 0.25) is 0 Å². The molecular weight excluding hydrogens is 593 g/mol. The van der Waals surface area contributed by atoms with Crippen LogP contribution in [0.3, 0.4) is 0 Å². The minimum Gasteiger partial charge on any atom is -0.681 e. The zero-order chi connectivity index (χ0) is 32.3. The number of methoxy groups -OCH3 is 2. The molecule has 9 nitrogen and oxygen atoms in total. The molecule has 0 aromatic carbocycles. The quantitative estimate of drug-likeness (QED) is 0.374. The number of aliphatic hydroxyl groups excluding tert-OH is 1. The summed E-state index contributed by atoms with van der Waals surface area (Å²) in [6.45, 7) is 12.6. The molecule has 1 N–H and O–H groups in total. The molecule has 6 rings (SSSR count). The summed E-state index contributed by atoms with van der Waals surface area (Å²) in [5.41, 5.74) is 10.0. The van der Waals surface area contributed by atoms with E-state index >= 15 is 0 Å². The van der Waals surface area contributed by atoms with Crippen molar-refractivity contribution in [1.29, 1.82) is 0 Å². The first-order valence-electron chi connectivity index (χ1n) is 16.0. The van der Waals surface area contributed by atoms with Crippen molar-refractivity contribution in [1.82, 2.24) is 9.97 Å². The monoisotopic (exact) mass is 634 g/mol.